The molecule has 2 N–H and O–H groups in total. The molecule has 1 atom stereocenters. The summed E-state index contributed by atoms with van der Waals surface area (Å²) in [5.41, 5.74) is 0.738. The van der Waals surface area contributed by atoms with Crippen LogP contribution in [0.15, 0.2) is 24.3 Å². The molecule has 0 radical (unpaired) electrons. The van der Waals surface area contributed by atoms with Gasteiger partial charge in [-0.1, -0.05) is 6.07 Å². The number of morpholine rings is 1. The van der Waals surface area contributed by atoms with Crippen LogP contribution in [0.2, 0.25) is 0 Å². The summed E-state index contributed by atoms with van der Waals surface area (Å²) in [6.07, 6.45) is 0.965. The molecule has 1 aliphatic heterocycles. The zero-order valence-corrected chi connectivity index (χ0v) is 15.8. The van der Waals surface area contributed by atoms with Gasteiger partial charge in [-0.15, -0.1) is 24.8 Å². The van der Waals surface area contributed by atoms with Gasteiger partial charge in [-0.05, 0) is 32.6 Å². The summed E-state index contributed by atoms with van der Waals surface area (Å²) < 4.78 is 11.0. The Bertz CT molecular complexity index is 483. The van der Waals surface area contributed by atoms with E-state index in [1.807, 2.05) is 38.4 Å². The third-order valence-electron chi connectivity index (χ3n) is 3.36. The molecule has 1 unspecified atom stereocenters. The number of hydrogen-bond acceptors (Lipinski definition) is 5. The summed E-state index contributed by atoms with van der Waals surface area (Å²) in [7, 11) is 4.08. The Morgan fingerprint density at radius 3 is 2.88 bits per heavy atom. The highest BCUT2D eigenvalue weighted by Crippen LogP contribution is 2.18. The van der Waals surface area contributed by atoms with Gasteiger partial charge in [0.15, 0.2) is 0 Å². The normalized spacial score (nSPS) is 16.7. The Morgan fingerprint density at radius 1 is 1.42 bits per heavy atom. The van der Waals surface area contributed by atoms with Gasteiger partial charge in [0.2, 0.25) is 5.91 Å². The van der Waals surface area contributed by atoms with Crippen LogP contribution in [0, 0.1) is 0 Å². The Morgan fingerprint density at radius 2 is 2.21 bits per heavy atom. The van der Waals surface area contributed by atoms with Crippen LogP contribution in [0.3, 0.4) is 0 Å². The SMILES string of the molecule is CN(C)CCCOc1cccc(NC(=O)C2COCCN2)c1.Cl.Cl. The highest BCUT2D eigenvalue weighted by molar-refractivity contribution is 5.95. The number of hydrogen-bond donors (Lipinski definition) is 2. The van der Waals surface area contributed by atoms with Crippen molar-refractivity contribution in [3.8, 4) is 5.75 Å². The molecule has 24 heavy (non-hydrogen) atoms. The summed E-state index contributed by atoms with van der Waals surface area (Å²) in [5.74, 6) is 0.689. The molecule has 1 amide bonds. The van der Waals surface area contributed by atoms with Gasteiger partial charge in [0.05, 0.1) is 19.8 Å². The molecule has 0 spiro atoms. The molecule has 0 saturated carbocycles. The highest BCUT2D eigenvalue weighted by Gasteiger charge is 2.21. The van der Waals surface area contributed by atoms with Crippen molar-refractivity contribution in [1.82, 2.24) is 10.2 Å². The molecular weight excluding hydrogens is 353 g/mol. The van der Waals surface area contributed by atoms with Crippen molar-refractivity contribution in [3.63, 3.8) is 0 Å². The first-order chi connectivity index (χ1) is 10.6. The van der Waals surface area contributed by atoms with Crippen molar-refractivity contribution in [1.29, 1.82) is 0 Å². The van der Waals surface area contributed by atoms with E-state index in [1.54, 1.807) is 0 Å². The lowest BCUT2D eigenvalue weighted by Gasteiger charge is -2.23. The lowest BCUT2D eigenvalue weighted by molar-refractivity contribution is -0.120. The fourth-order valence-corrected chi connectivity index (χ4v) is 2.20. The minimum Gasteiger partial charge on any atom is -0.493 e. The van der Waals surface area contributed by atoms with Gasteiger partial charge in [0.1, 0.15) is 11.8 Å². The number of carbonyl (C=O) groups is 1. The number of benzene rings is 1. The van der Waals surface area contributed by atoms with E-state index in [1.165, 1.54) is 0 Å². The van der Waals surface area contributed by atoms with E-state index in [9.17, 15) is 4.79 Å². The molecule has 1 aromatic carbocycles. The van der Waals surface area contributed by atoms with Gasteiger partial charge in [0, 0.05) is 24.8 Å². The minimum absolute atomic E-state index is 0. The van der Waals surface area contributed by atoms with E-state index in [4.69, 9.17) is 9.47 Å². The van der Waals surface area contributed by atoms with E-state index in [-0.39, 0.29) is 36.8 Å². The molecule has 0 aliphatic carbocycles. The monoisotopic (exact) mass is 379 g/mol. The maximum absolute atomic E-state index is 12.1. The quantitative estimate of drug-likeness (QED) is 0.707. The van der Waals surface area contributed by atoms with Crippen molar-refractivity contribution >= 4 is 36.4 Å². The number of ether oxygens (including phenoxy) is 2. The van der Waals surface area contributed by atoms with Crippen LogP contribution in [0.1, 0.15) is 6.42 Å². The lowest BCUT2D eigenvalue weighted by Crippen LogP contribution is -2.48. The Labute approximate surface area is 156 Å². The second-order valence-electron chi connectivity index (χ2n) is 5.60. The van der Waals surface area contributed by atoms with Crippen molar-refractivity contribution in [2.24, 2.45) is 0 Å². The average Bonchev–Trinajstić information content (AvgIpc) is 2.52. The van der Waals surface area contributed by atoms with Crippen molar-refractivity contribution < 1.29 is 14.3 Å². The highest BCUT2D eigenvalue weighted by atomic mass is 35.5. The van der Waals surface area contributed by atoms with Crippen molar-refractivity contribution in [3.05, 3.63) is 24.3 Å². The number of carbonyl (C=O) groups excluding carboxylic acids is 1. The predicted molar refractivity (Wildman–Crippen MR) is 101 cm³/mol. The average molecular weight is 380 g/mol. The van der Waals surface area contributed by atoms with Crippen LogP contribution >= 0.6 is 24.8 Å². The fraction of sp³-hybridized carbons (Fsp3) is 0.562. The van der Waals surface area contributed by atoms with Crippen molar-refractivity contribution in [2.75, 3.05) is 52.3 Å². The molecule has 1 aromatic rings. The summed E-state index contributed by atoms with van der Waals surface area (Å²) >= 11 is 0. The van der Waals surface area contributed by atoms with Crippen LogP contribution < -0.4 is 15.4 Å². The molecule has 1 saturated heterocycles. The van der Waals surface area contributed by atoms with Gasteiger partial charge in [0.25, 0.3) is 0 Å². The summed E-state index contributed by atoms with van der Waals surface area (Å²) in [6, 6.07) is 7.18. The molecule has 6 nitrogen and oxygen atoms in total. The third-order valence-corrected chi connectivity index (χ3v) is 3.36. The summed E-state index contributed by atoms with van der Waals surface area (Å²) in [5, 5.41) is 6.02. The number of rotatable bonds is 7. The summed E-state index contributed by atoms with van der Waals surface area (Å²) in [4.78, 5) is 14.2. The Hall–Kier alpha value is -1.05. The van der Waals surface area contributed by atoms with E-state index >= 15 is 0 Å². The van der Waals surface area contributed by atoms with E-state index < -0.39 is 0 Å². The second kappa shape index (κ2) is 12.3. The van der Waals surface area contributed by atoms with Gasteiger partial charge in [-0.3, -0.25) is 4.79 Å². The maximum Gasteiger partial charge on any atom is 0.243 e. The first-order valence-electron chi connectivity index (χ1n) is 7.65. The van der Waals surface area contributed by atoms with Crippen LogP contribution in [-0.2, 0) is 9.53 Å². The van der Waals surface area contributed by atoms with Crippen LogP contribution in [0.5, 0.6) is 5.75 Å². The number of anilines is 1. The van der Waals surface area contributed by atoms with Gasteiger partial charge in [-0.2, -0.15) is 0 Å². The predicted octanol–water partition coefficient (Wildman–Crippen LogP) is 1.79. The van der Waals surface area contributed by atoms with Crippen LogP contribution in [0.25, 0.3) is 0 Å². The van der Waals surface area contributed by atoms with E-state index in [0.717, 1.165) is 24.4 Å². The number of nitrogens with one attached hydrogen (secondary N) is 2. The Balaban J connectivity index is 0.00000264. The molecule has 138 valence electrons. The minimum atomic E-state index is -0.293. The first kappa shape index (κ1) is 22.9. The molecule has 1 aliphatic rings. The largest absolute Gasteiger partial charge is 0.493 e. The Kier molecular flexibility index (Phi) is 11.8. The standard InChI is InChI=1S/C16H25N3O3.2ClH/c1-19(2)8-4-9-22-14-6-3-5-13(11-14)18-16(20)15-12-21-10-7-17-15;;/h3,5-6,11,15,17H,4,7-10,12H2,1-2H3,(H,18,20);2*1H. The number of amides is 1. The number of halogens is 2. The zero-order chi connectivity index (χ0) is 15.8. The van der Waals surface area contributed by atoms with Crippen LogP contribution in [-0.4, -0.2) is 63.9 Å². The molecule has 0 aromatic heterocycles. The van der Waals surface area contributed by atoms with E-state index in [2.05, 4.69) is 15.5 Å². The molecule has 1 heterocycles. The topological polar surface area (TPSA) is 62.8 Å². The van der Waals surface area contributed by atoms with Gasteiger partial charge < -0.3 is 25.0 Å². The third kappa shape index (κ3) is 8.17. The molecule has 1 fully saturated rings. The summed E-state index contributed by atoms with van der Waals surface area (Å²) in [6.45, 7) is 3.41. The number of nitrogens with zero attached hydrogens (tertiary/aromatic N) is 1. The first-order valence-corrected chi connectivity index (χ1v) is 7.65. The van der Waals surface area contributed by atoms with Gasteiger partial charge >= 0.3 is 0 Å². The fourth-order valence-electron chi connectivity index (χ4n) is 2.20. The molecule has 0 bridgehead atoms. The molecular formula is C16H27Cl2N3O3. The van der Waals surface area contributed by atoms with Crippen molar-refractivity contribution in [2.45, 2.75) is 12.5 Å². The maximum atomic E-state index is 12.1. The molecule has 8 heteroatoms. The smallest absolute Gasteiger partial charge is 0.243 e. The second-order valence-corrected chi connectivity index (χ2v) is 5.60. The van der Waals surface area contributed by atoms with Crippen LogP contribution in [0.4, 0.5) is 5.69 Å². The lowest BCUT2D eigenvalue weighted by atomic mass is 10.2. The zero-order valence-electron chi connectivity index (χ0n) is 14.1. The van der Waals surface area contributed by atoms with E-state index in [0.29, 0.717) is 26.4 Å². The molecule has 2 rings (SSSR count). The van der Waals surface area contributed by atoms with Gasteiger partial charge in [-0.25, -0.2) is 0 Å².